The molecule has 0 amide bonds. The standard InChI is InChI=1S/C15H13F2N3/c1-10-4-3-5-12(19-10)9-20(2)13-7-6-11(8-18)14(16)15(13)17/h3-7H,9H2,1-2H3. The monoisotopic (exact) mass is 273 g/mol. The van der Waals surface area contributed by atoms with Crippen molar-refractivity contribution in [3.8, 4) is 6.07 Å². The predicted octanol–water partition coefficient (Wildman–Crippen LogP) is 3.18. The molecule has 0 radical (unpaired) electrons. The van der Waals surface area contributed by atoms with Gasteiger partial charge in [0.1, 0.15) is 6.07 Å². The predicted molar refractivity (Wildman–Crippen MR) is 72.2 cm³/mol. The molecule has 0 saturated carbocycles. The maximum Gasteiger partial charge on any atom is 0.183 e. The van der Waals surface area contributed by atoms with Crippen LogP contribution in [0.4, 0.5) is 14.5 Å². The topological polar surface area (TPSA) is 39.9 Å². The molecule has 5 heteroatoms. The third-order valence-corrected chi connectivity index (χ3v) is 2.94. The first-order chi connectivity index (χ1) is 9.52. The molecular formula is C15H13F2N3. The van der Waals surface area contributed by atoms with E-state index in [9.17, 15) is 8.78 Å². The fourth-order valence-corrected chi connectivity index (χ4v) is 1.94. The van der Waals surface area contributed by atoms with Gasteiger partial charge in [-0.3, -0.25) is 4.98 Å². The van der Waals surface area contributed by atoms with Crippen molar-refractivity contribution in [1.82, 2.24) is 4.98 Å². The maximum atomic E-state index is 13.9. The molecule has 1 heterocycles. The molecule has 0 saturated heterocycles. The Hall–Kier alpha value is -2.48. The largest absolute Gasteiger partial charge is 0.366 e. The second-order valence-corrected chi connectivity index (χ2v) is 4.50. The van der Waals surface area contributed by atoms with Gasteiger partial charge in [-0.15, -0.1) is 0 Å². The highest BCUT2D eigenvalue weighted by atomic mass is 19.2. The van der Waals surface area contributed by atoms with Gasteiger partial charge in [-0.25, -0.2) is 8.78 Å². The number of anilines is 1. The van der Waals surface area contributed by atoms with E-state index >= 15 is 0 Å². The van der Waals surface area contributed by atoms with Crippen molar-refractivity contribution >= 4 is 5.69 Å². The van der Waals surface area contributed by atoms with Crippen LogP contribution in [-0.4, -0.2) is 12.0 Å². The normalized spacial score (nSPS) is 10.2. The summed E-state index contributed by atoms with van der Waals surface area (Å²) in [7, 11) is 1.65. The van der Waals surface area contributed by atoms with E-state index in [2.05, 4.69) is 4.98 Å². The zero-order chi connectivity index (χ0) is 14.7. The van der Waals surface area contributed by atoms with Crippen LogP contribution in [0.3, 0.4) is 0 Å². The van der Waals surface area contributed by atoms with Crippen LogP contribution in [0.1, 0.15) is 17.0 Å². The van der Waals surface area contributed by atoms with Gasteiger partial charge < -0.3 is 4.90 Å². The van der Waals surface area contributed by atoms with Crippen LogP contribution in [0.2, 0.25) is 0 Å². The number of halogens is 2. The van der Waals surface area contributed by atoms with E-state index in [1.807, 2.05) is 25.1 Å². The quantitative estimate of drug-likeness (QED) is 0.862. The number of pyridine rings is 1. The van der Waals surface area contributed by atoms with Crippen LogP contribution in [0.25, 0.3) is 0 Å². The first kappa shape index (κ1) is 13.9. The second kappa shape index (κ2) is 5.66. The Labute approximate surface area is 116 Å². The molecule has 20 heavy (non-hydrogen) atoms. The Morgan fingerprint density at radius 1 is 1.20 bits per heavy atom. The van der Waals surface area contributed by atoms with Crippen molar-refractivity contribution in [2.24, 2.45) is 0 Å². The highest BCUT2D eigenvalue weighted by Gasteiger charge is 2.16. The number of hydrogen-bond donors (Lipinski definition) is 0. The summed E-state index contributed by atoms with van der Waals surface area (Å²) >= 11 is 0. The number of aromatic nitrogens is 1. The van der Waals surface area contributed by atoms with Crippen LogP contribution in [0, 0.1) is 29.9 Å². The average Bonchev–Trinajstić information content (AvgIpc) is 2.41. The van der Waals surface area contributed by atoms with Gasteiger partial charge in [-0.05, 0) is 31.2 Å². The van der Waals surface area contributed by atoms with Crippen LogP contribution in [0.5, 0.6) is 0 Å². The number of hydrogen-bond acceptors (Lipinski definition) is 3. The fourth-order valence-electron chi connectivity index (χ4n) is 1.94. The van der Waals surface area contributed by atoms with Crippen molar-refractivity contribution in [2.75, 3.05) is 11.9 Å². The molecule has 3 nitrogen and oxygen atoms in total. The Morgan fingerprint density at radius 3 is 2.60 bits per heavy atom. The summed E-state index contributed by atoms with van der Waals surface area (Å²) in [5.41, 5.74) is 1.43. The summed E-state index contributed by atoms with van der Waals surface area (Å²) in [6.45, 7) is 2.22. The summed E-state index contributed by atoms with van der Waals surface area (Å²) in [4.78, 5) is 5.87. The molecule has 0 aliphatic rings. The van der Waals surface area contributed by atoms with Gasteiger partial charge in [0.15, 0.2) is 11.6 Å². The summed E-state index contributed by atoms with van der Waals surface area (Å²) < 4.78 is 27.5. The minimum absolute atomic E-state index is 0.102. The summed E-state index contributed by atoms with van der Waals surface area (Å²) in [6.07, 6.45) is 0. The van der Waals surface area contributed by atoms with Gasteiger partial charge in [-0.1, -0.05) is 6.07 Å². The Kier molecular flexibility index (Phi) is 3.94. The van der Waals surface area contributed by atoms with Crippen molar-refractivity contribution in [3.63, 3.8) is 0 Å². The van der Waals surface area contributed by atoms with Gasteiger partial charge in [0.2, 0.25) is 0 Å². The zero-order valence-electron chi connectivity index (χ0n) is 11.2. The first-order valence-electron chi connectivity index (χ1n) is 6.04. The summed E-state index contributed by atoms with van der Waals surface area (Å²) in [5.74, 6) is -2.13. The number of nitrogens with zero attached hydrogens (tertiary/aromatic N) is 3. The fraction of sp³-hybridized carbons (Fsp3) is 0.200. The number of benzene rings is 1. The van der Waals surface area contributed by atoms with E-state index in [0.717, 1.165) is 11.4 Å². The van der Waals surface area contributed by atoms with E-state index in [0.29, 0.717) is 6.54 Å². The zero-order valence-corrected chi connectivity index (χ0v) is 11.2. The van der Waals surface area contributed by atoms with Gasteiger partial charge in [0.05, 0.1) is 23.5 Å². The lowest BCUT2D eigenvalue weighted by atomic mass is 10.2. The molecule has 0 atom stereocenters. The molecule has 0 unspecified atom stereocenters. The van der Waals surface area contributed by atoms with E-state index in [1.165, 1.54) is 12.1 Å². The smallest absolute Gasteiger partial charge is 0.183 e. The first-order valence-corrected chi connectivity index (χ1v) is 6.04. The van der Waals surface area contributed by atoms with Crippen molar-refractivity contribution in [2.45, 2.75) is 13.5 Å². The Morgan fingerprint density at radius 2 is 1.95 bits per heavy atom. The molecule has 0 bridgehead atoms. The van der Waals surface area contributed by atoms with Gasteiger partial charge in [-0.2, -0.15) is 5.26 Å². The Bertz CT molecular complexity index is 677. The van der Waals surface area contributed by atoms with Crippen LogP contribution in [0.15, 0.2) is 30.3 Å². The summed E-state index contributed by atoms with van der Waals surface area (Å²) in [5, 5.41) is 8.66. The van der Waals surface area contributed by atoms with Crippen molar-refractivity contribution < 1.29 is 8.78 Å². The van der Waals surface area contributed by atoms with Crippen molar-refractivity contribution in [3.05, 3.63) is 58.9 Å². The van der Waals surface area contributed by atoms with Gasteiger partial charge >= 0.3 is 0 Å². The molecule has 102 valence electrons. The minimum Gasteiger partial charge on any atom is -0.366 e. The van der Waals surface area contributed by atoms with Crippen LogP contribution >= 0.6 is 0 Å². The third-order valence-electron chi connectivity index (χ3n) is 2.94. The van der Waals surface area contributed by atoms with Crippen LogP contribution in [-0.2, 0) is 6.54 Å². The SMILES string of the molecule is Cc1cccc(CN(C)c2ccc(C#N)c(F)c2F)n1. The van der Waals surface area contributed by atoms with Gasteiger partial charge in [0, 0.05) is 12.7 Å². The molecule has 0 fully saturated rings. The molecule has 0 aliphatic carbocycles. The van der Waals surface area contributed by atoms with E-state index in [1.54, 1.807) is 18.0 Å². The molecule has 2 aromatic rings. The maximum absolute atomic E-state index is 13.9. The highest BCUT2D eigenvalue weighted by Crippen LogP contribution is 2.24. The third kappa shape index (κ3) is 2.75. The number of rotatable bonds is 3. The lowest BCUT2D eigenvalue weighted by Crippen LogP contribution is -2.19. The molecule has 0 spiro atoms. The Balaban J connectivity index is 2.28. The lowest BCUT2D eigenvalue weighted by Gasteiger charge is -2.20. The number of aryl methyl sites for hydroxylation is 1. The number of nitriles is 1. The highest BCUT2D eigenvalue weighted by molar-refractivity contribution is 5.51. The van der Waals surface area contributed by atoms with E-state index < -0.39 is 11.6 Å². The second-order valence-electron chi connectivity index (χ2n) is 4.50. The van der Waals surface area contributed by atoms with E-state index in [-0.39, 0.29) is 11.3 Å². The molecule has 0 aliphatic heterocycles. The minimum atomic E-state index is -1.12. The molecule has 2 rings (SSSR count). The van der Waals surface area contributed by atoms with Gasteiger partial charge in [0.25, 0.3) is 0 Å². The molecule has 1 aromatic heterocycles. The molecule has 1 aromatic carbocycles. The van der Waals surface area contributed by atoms with Crippen molar-refractivity contribution in [1.29, 1.82) is 5.26 Å². The van der Waals surface area contributed by atoms with Crippen LogP contribution < -0.4 is 4.90 Å². The molecular weight excluding hydrogens is 260 g/mol. The molecule has 0 N–H and O–H groups in total. The van der Waals surface area contributed by atoms with E-state index in [4.69, 9.17) is 5.26 Å². The average molecular weight is 273 g/mol. The lowest BCUT2D eigenvalue weighted by molar-refractivity contribution is 0.505. The summed E-state index contributed by atoms with van der Waals surface area (Å²) in [6, 6.07) is 9.83.